The van der Waals surface area contributed by atoms with Crippen molar-refractivity contribution in [2.75, 3.05) is 16.2 Å². The molecule has 6 nitrogen and oxygen atoms in total. The van der Waals surface area contributed by atoms with E-state index in [1.807, 2.05) is 0 Å². The molecule has 1 aliphatic heterocycles. The Morgan fingerprint density at radius 1 is 0.967 bits per heavy atom. The van der Waals surface area contributed by atoms with E-state index in [9.17, 15) is 22.0 Å². The van der Waals surface area contributed by atoms with Crippen molar-refractivity contribution in [2.45, 2.75) is 11.0 Å². The van der Waals surface area contributed by atoms with Gasteiger partial charge in [0, 0.05) is 11.8 Å². The molecule has 0 fully saturated rings. The van der Waals surface area contributed by atoms with Crippen LogP contribution in [0.5, 0.6) is 5.75 Å². The third-order valence-corrected chi connectivity index (χ3v) is 6.34. The molecule has 30 heavy (non-hydrogen) atoms. The molecule has 154 valence electrons. The minimum Gasteiger partial charge on any atom is -0.476 e. The Labute approximate surface area is 171 Å². The number of rotatable bonds is 4. The van der Waals surface area contributed by atoms with E-state index in [-0.39, 0.29) is 22.9 Å². The normalized spacial score (nSPS) is 15.8. The molecule has 0 saturated heterocycles. The number of amides is 1. The fraction of sp³-hybridized carbons (Fsp3) is 0.0952. The second-order valence-electron chi connectivity index (χ2n) is 6.54. The fourth-order valence-electron chi connectivity index (χ4n) is 3.08. The van der Waals surface area contributed by atoms with E-state index in [0.717, 1.165) is 16.4 Å². The molecular weight excluding hydrogens is 414 g/mol. The number of fused-ring (bicyclic) bond motifs is 1. The number of nitrogens with one attached hydrogen (secondary N) is 1. The molecule has 0 bridgehead atoms. The van der Waals surface area contributed by atoms with Crippen LogP contribution in [0.15, 0.2) is 77.7 Å². The number of carbonyl (C=O) groups is 1. The van der Waals surface area contributed by atoms with Gasteiger partial charge in [-0.05, 0) is 36.4 Å². The van der Waals surface area contributed by atoms with Crippen LogP contribution >= 0.6 is 0 Å². The van der Waals surface area contributed by atoms with Gasteiger partial charge in [0.2, 0.25) is 0 Å². The van der Waals surface area contributed by atoms with E-state index in [1.54, 1.807) is 42.5 Å². The van der Waals surface area contributed by atoms with Crippen molar-refractivity contribution in [1.29, 1.82) is 0 Å². The lowest BCUT2D eigenvalue weighted by Crippen LogP contribution is -2.48. The number of carbonyl (C=O) groups excluding carboxylic acids is 1. The van der Waals surface area contributed by atoms with E-state index in [0.29, 0.717) is 5.69 Å². The quantitative estimate of drug-likeness (QED) is 0.687. The van der Waals surface area contributed by atoms with Crippen molar-refractivity contribution >= 4 is 27.3 Å². The summed E-state index contributed by atoms with van der Waals surface area (Å²) >= 11 is 0. The van der Waals surface area contributed by atoms with Gasteiger partial charge in [-0.2, -0.15) is 0 Å². The molecule has 0 aromatic heterocycles. The second kappa shape index (κ2) is 7.75. The Kier molecular flexibility index (Phi) is 5.13. The van der Waals surface area contributed by atoms with Crippen molar-refractivity contribution in [3.63, 3.8) is 0 Å². The molecule has 1 atom stereocenters. The van der Waals surface area contributed by atoms with Crippen molar-refractivity contribution in [2.24, 2.45) is 0 Å². The number of halogens is 2. The van der Waals surface area contributed by atoms with E-state index in [4.69, 9.17) is 4.74 Å². The maximum Gasteiger partial charge on any atom is 0.267 e. The highest BCUT2D eigenvalue weighted by Gasteiger charge is 2.37. The number of hydrogen-bond acceptors (Lipinski definition) is 4. The summed E-state index contributed by atoms with van der Waals surface area (Å²) in [5.74, 6) is -2.63. The van der Waals surface area contributed by atoms with Crippen molar-refractivity contribution in [3.05, 3.63) is 84.4 Å². The summed E-state index contributed by atoms with van der Waals surface area (Å²) in [4.78, 5) is 12.8. The van der Waals surface area contributed by atoms with Gasteiger partial charge in [0.25, 0.3) is 15.9 Å². The molecule has 4 rings (SSSR count). The molecule has 0 aliphatic carbocycles. The van der Waals surface area contributed by atoms with Crippen molar-refractivity contribution < 1.29 is 26.7 Å². The first-order valence-corrected chi connectivity index (χ1v) is 10.4. The number of hydrogen-bond donors (Lipinski definition) is 1. The Hall–Kier alpha value is -3.46. The topological polar surface area (TPSA) is 75.7 Å². The van der Waals surface area contributed by atoms with E-state index in [2.05, 4.69) is 5.32 Å². The Balaban J connectivity index is 1.66. The van der Waals surface area contributed by atoms with Gasteiger partial charge in [-0.1, -0.05) is 30.3 Å². The minimum atomic E-state index is -3.96. The lowest BCUT2D eigenvalue weighted by molar-refractivity contribution is -0.122. The molecule has 0 radical (unpaired) electrons. The predicted octanol–water partition coefficient (Wildman–Crippen LogP) is 3.56. The van der Waals surface area contributed by atoms with Crippen LogP contribution in [0.25, 0.3) is 0 Å². The van der Waals surface area contributed by atoms with Gasteiger partial charge in [-0.3, -0.25) is 9.10 Å². The van der Waals surface area contributed by atoms with Crippen LogP contribution in [0, 0.1) is 11.6 Å². The second-order valence-corrected chi connectivity index (χ2v) is 8.40. The van der Waals surface area contributed by atoms with Gasteiger partial charge in [0.15, 0.2) is 17.7 Å². The monoisotopic (exact) mass is 430 g/mol. The molecule has 1 amide bonds. The van der Waals surface area contributed by atoms with Gasteiger partial charge in [0.1, 0.15) is 5.75 Å². The maximum atomic E-state index is 13.4. The maximum absolute atomic E-state index is 13.4. The lowest BCUT2D eigenvalue weighted by Gasteiger charge is -2.34. The first-order chi connectivity index (χ1) is 14.4. The molecule has 3 aromatic carbocycles. The largest absolute Gasteiger partial charge is 0.476 e. The zero-order chi connectivity index (χ0) is 21.3. The standard InChI is InChI=1S/C21H16F2N2O4S/c22-16-11-10-14(12-17(16)23)24-21(26)20-13-25(18-8-4-5-9-19(18)29-20)30(27,28)15-6-2-1-3-7-15/h1-12,20H,13H2,(H,24,26)/t20-/m0/s1. The van der Waals surface area contributed by atoms with Crippen molar-refractivity contribution in [3.8, 4) is 5.75 Å². The fourth-order valence-corrected chi connectivity index (χ4v) is 4.58. The van der Waals surface area contributed by atoms with Crippen LogP contribution in [0.1, 0.15) is 0 Å². The number of ether oxygens (including phenoxy) is 1. The minimum absolute atomic E-state index is 0.0267. The summed E-state index contributed by atoms with van der Waals surface area (Å²) in [7, 11) is -3.96. The summed E-state index contributed by atoms with van der Waals surface area (Å²) in [6.07, 6.45) is -1.20. The number of sulfonamides is 1. The van der Waals surface area contributed by atoms with Crippen LogP contribution in [0.4, 0.5) is 20.2 Å². The summed E-state index contributed by atoms with van der Waals surface area (Å²) in [6.45, 7) is -0.288. The van der Waals surface area contributed by atoms with Gasteiger partial charge in [-0.15, -0.1) is 0 Å². The van der Waals surface area contributed by atoms with Crippen molar-refractivity contribution in [1.82, 2.24) is 0 Å². The van der Waals surface area contributed by atoms with Crippen LogP contribution in [0.3, 0.4) is 0 Å². The van der Waals surface area contributed by atoms with Gasteiger partial charge in [-0.25, -0.2) is 17.2 Å². The summed E-state index contributed by atoms with van der Waals surface area (Å²) in [5, 5.41) is 2.43. The van der Waals surface area contributed by atoms with E-state index >= 15 is 0 Å². The van der Waals surface area contributed by atoms with Crippen LogP contribution in [0.2, 0.25) is 0 Å². The Morgan fingerprint density at radius 3 is 2.40 bits per heavy atom. The number of anilines is 2. The smallest absolute Gasteiger partial charge is 0.267 e. The van der Waals surface area contributed by atoms with E-state index < -0.39 is 33.7 Å². The Morgan fingerprint density at radius 2 is 1.67 bits per heavy atom. The summed E-state index contributed by atoms with van der Waals surface area (Å²) < 4.78 is 59.8. The first kappa shape index (κ1) is 19.8. The molecule has 0 unspecified atom stereocenters. The third kappa shape index (κ3) is 3.71. The number of para-hydroxylation sites is 2. The SMILES string of the molecule is O=C(Nc1ccc(F)c(F)c1)[C@@H]1CN(S(=O)(=O)c2ccccc2)c2ccccc2O1. The molecule has 1 aliphatic rings. The molecule has 3 aromatic rings. The zero-order valence-electron chi connectivity index (χ0n) is 15.5. The average molecular weight is 430 g/mol. The summed E-state index contributed by atoms with van der Waals surface area (Å²) in [5.41, 5.74) is 0.331. The summed E-state index contributed by atoms with van der Waals surface area (Å²) in [6, 6.07) is 17.2. The number of nitrogens with zero attached hydrogens (tertiary/aromatic N) is 1. The molecule has 0 spiro atoms. The lowest BCUT2D eigenvalue weighted by atomic mass is 10.2. The van der Waals surface area contributed by atoms with Crippen LogP contribution in [-0.4, -0.2) is 27.0 Å². The predicted molar refractivity (Wildman–Crippen MR) is 107 cm³/mol. The van der Waals surface area contributed by atoms with E-state index in [1.165, 1.54) is 18.2 Å². The molecule has 9 heteroatoms. The van der Waals surface area contributed by atoms with Gasteiger partial charge < -0.3 is 10.1 Å². The average Bonchev–Trinajstić information content (AvgIpc) is 2.76. The zero-order valence-corrected chi connectivity index (χ0v) is 16.3. The van der Waals surface area contributed by atoms with Crippen LogP contribution in [-0.2, 0) is 14.8 Å². The number of benzene rings is 3. The van der Waals surface area contributed by atoms with Gasteiger partial charge >= 0.3 is 0 Å². The third-order valence-electron chi connectivity index (χ3n) is 4.55. The molecule has 1 N–H and O–H groups in total. The van der Waals surface area contributed by atoms with Gasteiger partial charge in [0.05, 0.1) is 17.1 Å². The van der Waals surface area contributed by atoms with Crippen LogP contribution < -0.4 is 14.4 Å². The Bertz CT molecular complexity index is 1200. The first-order valence-electron chi connectivity index (χ1n) is 8.95. The molecule has 0 saturated carbocycles. The highest BCUT2D eigenvalue weighted by molar-refractivity contribution is 7.92. The molecular formula is C21H16F2N2O4S. The highest BCUT2D eigenvalue weighted by atomic mass is 32.2. The highest BCUT2D eigenvalue weighted by Crippen LogP contribution is 2.36. The molecule has 1 heterocycles.